The van der Waals surface area contributed by atoms with Gasteiger partial charge in [-0.15, -0.1) is 0 Å². The average molecular weight is 242 g/mol. The van der Waals surface area contributed by atoms with Crippen molar-refractivity contribution in [1.82, 2.24) is 9.80 Å². The average Bonchev–Trinajstić information content (AvgIpc) is 2.80. The molecule has 2 aliphatic rings. The fourth-order valence-electron chi connectivity index (χ4n) is 2.80. The van der Waals surface area contributed by atoms with Crippen LogP contribution in [0.25, 0.3) is 0 Å². The van der Waals surface area contributed by atoms with Crippen molar-refractivity contribution in [3.05, 3.63) is 0 Å². The Morgan fingerprint density at radius 2 is 1.94 bits per heavy atom. The maximum absolute atomic E-state index is 11.7. The van der Waals surface area contributed by atoms with Crippen LogP contribution in [0.4, 0.5) is 0 Å². The number of thiol groups is 1. The number of rotatable bonds is 3. The van der Waals surface area contributed by atoms with Crippen LogP contribution in [0.2, 0.25) is 0 Å². The van der Waals surface area contributed by atoms with Gasteiger partial charge in [-0.3, -0.25) is 9.69 Å². The smallest absolute Gasteiger partial charge is 0.223 e. The number of likely N-dealkylation sites (tertiary alicyclic amines) is 2. The third kappa shape index (κ3) is 2.92. The van der Waals surface area contributed by atoms with E-state index in [1.807, 2.05) is 4.90 Å². The van der Waals surface area contributed by atoms with E-state index in [9.17, 15) is 4.79 Å². The van der Waals surface area contributed by atoms with Crippen molar-refractivity contribution in [3.8, 4) is 0 Å². The van der Waals surface area contributed by atoms with Crippen molar-refractivity contribution >= 4 is 18.5 Å². The SMILES string of the molecule is O=C(CCS)N1CCC(N2CCCCC2)C1. The Balaban J connectivity index is 1.80. The fourth-order valence-corrected chi connectivity index (χ4v) is 2.99. The molecular formula is C12H22N2OS. The van der Waals surface area contributed by atoms with Gasteiger partial charge >= 0.3 is 0 Å². The van der Waals surface area contributed by atoms with E-state index in [2.05, 4.69) is 17.5 Å². The van der Waals surface area contributed by atoms with E-state index in [0.717, 1.165) is 19.5 Å². The highest BCUT2D eigenvalue weighted by Crippen LogP contribution is 2.20. The molecule has 0 aliphatic carbocycles. The third-order valence-electron chi connectivity index (χ3n) is 3.75. The van der Waals surface area contributed by atoms with Crippen molar-refractivity contribution in [2.45, 2.75) is 38.1 Å². The zero-order valence-corrected chi connectivity index (χ0v) is 10.8. The first-order valence-corrected chi connectivity index (χ1v) is 7.07. The molecule has 4 heteroatoms. The Morgan fingerprint density at radius 1 is 1.19 bits per heavy atom. The van der Waals surface area contributed by atoms with E-state index in [4.69, 9.17) is 0 Å². The molecule has 0 N–H and O–H groups in total. The van der Waals surface area contributed by atoms with Gasteiger partial charge in [0, 0.05) is 25.6 Å². The van der Waals surface area contributed by atoms with Gasteiger partial charge in [0.1, 0.15) is 0 Å². The Labute approximate surface area is 104 Å². The van der Waals surface area contributed by atoms with Crippen LogP contribution in [0.15, 0.2) is 0 Å². The summed E-state index contributed by atoms with van der Waals surface area (Å²) in [6.07, 6.45) is 5.81. The molecule has 3 nitrogen and oxygen atoms in total. The lowest BCUT2D eigenvalue weighted by atomic mass is 10.1. The molecule has 0 spiro atoms. The van der Waals surface area contributed by atoms with Crippen LogP contribution < -0.4 is 0 Å². The number of hydrogen-bond acceptors (Lipinski definition) is 3. The van der Waals surface area contributed by atoms with Crippen molar-refractivity contribution in [2.75, 3.05) is 31.9 Å². The maximum Gasteiger partial charge on any atom is 0.223 e. The van der Waals surface area contributed by atoms with Crippen molar-refractivity contribution in [2.24, 2.45) is 0 Å². The van der Waals surface area contributed by atoms with Gasteiger partial charge in [0.15, 0.2) is 0 Å². The zero-order chi connectivity index (χ0) is 11.4. The molecule has 0 aromatic carbocycles. The quantitative estimate of drug-likeness (QED) is 0.756. The van der Waals surface area contributed by atoms with Crippen LogP contribution in [0, 0.1) is 0 Å². The molecule has 2 aliphatic heterocycles. The van der Waals surface area contributed by atoms with Gasteiger partial charge in [-0.25, -0.2) is 0 Å². The van der Waals surface area contributed by atoms with E-state index in [-0.39, 0.29) is 5.91 Å². The van der Waals surface area contributed by atoms with Gasteiger partial charge in [-0.05, 0) is 38.1 Å². The largest absolute Gasteiger partial charge is 0.341 e. The molecule has 92 valence electrons. The Kier molecular flexibility index (Phi) is 4.53. The number of nitrogens with zero attached hydrogens (tertiary/aromatic N) is 2. The summed E-state index contributed by atoms with van der Waals surface area (Å²) in [5, 5.41) is 0. The molecule has 2 fully saturated rings. The van der Waals surface area contributed by atoms with Crippen LogP contribution in [-0.2, 0) is 4.79 Å². The number of carbonyl (C=O) groups excluding carboxylic acids is 1. The van der Waals surface area contributed by atoms with Gasteiger partial charge in [-0.1, -0.05) is 6.42 Å². The topological polar surface area (TPSA) is 23.6 Å². The highest BCUT2D eigenvalue weighted by molar-refractivity contribution is 7.80. The molecule has 2 rings (SSSR count). The van der Waals surface area contributed by atoms with E-state index < -0.39 is 0 Å². The number of carbonyl (C=O) groups is 1. The first kappa shape index (κ1) is 12.2. The van der Waals surface area contributed by atoms with Gasteiger partial charge in [0.2, 0.25) is 5.91 Å². The Hall–Kier alpha value is -0.220. The summed E-state index contributed by atoms with van der Waals surface area (Å²) in [6.45, 7) is 4.37. The molecule has 1 amide bonds. The molecule has 16 heavy (non-hydrogen) atoms. The molecule has 2 heterocycles. The normalized spacial score (nSPS) is 27.3. The standard InChI is InChI=1S/C12H22N2OS/c15-12(5-9-16)14-8-4-11(10-14)13-6-2-1-3-7-13/h11,16H,1-10H2. The summed E-state index contributed by atoms with van der Waals surface area (Å²) < 4.78 is 0. The molecular weight excluding hydrogens is 220 g/mol. The summed E-state index contributed by atoms with van der Waals surface area (Å²) in [4.78, 5) is 16.3. The van der Waals surface area contributed by atoms with Crippen molar-refractivity contribution < 1.29 is 4.79 Å². The van der Waals surface area contributed by atoms with Crippen LogP contribution >= 0.6 is 12.6 Å². The first-order chi connectivity index (χ1) is 7.81. The molecule has 0 aromatic rings. The predicted molar refractivity (Wildman–Crippen MR) is 68.9 cm³/mol. The molecule has 1 unspecified atom stereocenters. The second-order valence-electron chi connectivity index (χ2n) is 4.85. The lowest BCUT2D eigenvalue weighted by Crippen LogP contribution is -2.41. The highest BCUT2D eigenvalue weighted by Gasteiger charge is 2.30. The van der Waals surface area contributed by atoms with E-state index in [1.54, 1.807) is 0 Å². The van der Waals surface area contributed by atoms with Gasteiger partial charge < -0.3 is 4.90 Å². The van der Waals surface area contributed by atoms with Crippen LogP contribution in [0.1, 0.15) is 32.1 Å². The first-order valence-electron chi connectivity index (χ1n) is 6.44. The van der Waals surface area contributed by atoms with E-state index >= 15 is 0 Å². The minimum atomic E-state index is 0.287. The summed E-state index contributed by atoms with van der Waals surface area (Å²) >= 11 is 4.12. The molecule has 0 aromatic heterocycles. The number of hydrogen-bond donors (Lipinski definition) is 1. The van der Waals surface area contributed by atoms with E-state index in [1.165, 1.54) is 32.4 Å². The monoisotopic (exact) mass is 242 g/mol. The summed E-state index contributed by atoms with van der Waals surface area (Å²) in [6, 6.07) is 0.629. The van der Waals surface area contributed by atoms with Gasteiger partial charge in [-0.2, -0.15) is 12.6 Å². The van der Waals surface area contributed by atoms with Crippen molar-refractivity contribution in [1.29, 1.82) is 0 Å². The summed E-state index contributed by atoms with van der Waals surface area (Å²) in [5.41, 5.74) is 0. The number of piperidine rings is 1. The molecule has 1 atom stereocenters. The van der Waals surface area contributed by atoms with E-state index in [0.29, 0.717) is 18.2 Å². The molecule has 0 radical (unpaired) electrons. The lowest BCUT2D eigenvalue weighted by Gasteiger charge is -2.32. The van der Waals surface area contributed by atoms with Crippen molar-refractivity contribution in [3.63, 3.8) is 0 Å². The number of amides is 1. The molecule has 0 bridgehead atoms. The van der Waals surface area contributed by atoms with Crippen LogP contribution in [-0.4, -0.2) is 53.7 Å². The molecule has 2 saturated heterocycles. The Bertz CT molecular complexity index is 241. The Morgan fingerprint density at radius 3 is 2.62 bits per heavy atom. The van der Waals surface area contributed by atoms with Gasteiger partial charge in [0.05, 0.1) is 0 Å². The maximum atomic E-state index is 11.7. The minimum Gasteiger partial charge on any atom is -0.341 e. The summed E-state index contributed by atoms with van der Waals surface area (Å²) in [7, 11) is 0. The summed E-state index contributed by atoms with van der Waals surface area (Å²) in [5.74, 6) is 0.957. The minimum absolute atomic E-state index is 0.287. The molecule has 0 saturated carbocycles. The van der Waals surface area contributed by atoms with Crippen LogP contribution in [0.3, 0.4) is 0 Å². The second-order valence-corrected chi connectivity index (χ2v) is 5.30. The van der Waals surface area contributed by atoms with Crippen LogP contribution in [0.5, 0.6) is 0 Å². The third-order valence-corrected chi connectivity index (χ3v) is 3.97. The lowest BCUT2D eigenvalue weighted by molar-refractivity contribution is -0.129. The fraction of sp³-hybridized carbons (Fsp3) is 0.917. The zero-order valence-electron chi connectivity index (χ0n) is 9.90. The predicted octanol–water partition coefficient (Wildman–Crippen LogP) is 1.39. The van der Waals surface area contributed by atoms with Gasteiger partial charge in [0.25, 0.3) is 0 Å². The second kappa shape index (κ2) is 5.92. The highest BCUT2D eigenvalue weighted by atomic mass is 32.1.